The Labute approximate surface area is 98.2 Å². The minimum absolute atomic E-state index is 0.0348. The van der Waals surface area contributed by atoms with E-state index in [1.807, 2.05) is 0 Å². The van der Waals surface area contributed by atoms with Gasteiger partial charge in [0, 0.05) is 31.7 Å². The van der Waals surface area contributed by atoms with Gasteiger partial charge in [-0.15, -0.1) is 0 Å². The van der Waals surface area contributed by atoms with Crippen LogP contribution in [0.5, 0.6) is 0 Å². The Morgan fingerprint density at radius 2 is 2.00 bits per heavy atom. The van der Waals surface area contributed by atoms with Gasteiger partial charge in [-0.25, -0.2) is 0 Å². The van der Waals surface area contributed by atoms with Crippen LogP contribution in [0.2, 0.25) is 0 Å². The van der Waals surface area contributed by atoms with Gasteiger partial charge in [0.05, 0.1) is 18.8 Å². The van der Waals surface area contributed by atoms with Crippen LogP contribution >= 0.6 is 0 Å². The highest BCUT2D eigenvalue weighted by atomic mass is 16.5. The smallest absolute Gasteiger partial charge is 0.0880 e. The molecule has 2 aliphatic heterocycles. The van der Waals surface area contributed by atoms with Gasteiger partial charge in [0.15, 0.2) is 0 Å². The van der Waals surface area contributed by atoms with E-state index >= 15 is 0 Å². The van der Waals surface area contributed by atoms with Gasteiger partial charge in [0.2, 0.25) is 0 Å². The van der Waals surface area contributed by atoms with Crippen molar-refractivity contribution in [1.29, 1.82) is 0 Å². The van der Waals surface area contributed by atoms with E-state index in [1.165, 1.54) is 0 Å². The summed E-state index contributed by atoms with van der Waals surface area (Å²) in [6.07, 6.45) is 0.124. The molecular formula is C12H24N2O2. The summed E-state index contributed by atoms with van der Waals surface area (Å²) in [5.74, 6) is 0. The zero-order valence-electron chi connectivity index (χ0n) is 10.6. The number of aliphatic hydroxyl groups is 1. The van der Waals surface area contributed by atoms with Crippen LogP contribution in [0.3, 0.4) is 0 Å². The number of morpholine rings is 1. The molecule has 2 heterocycles. The lowest BCUT2D eigenvalue weighted by molar-refractivity contribution is -0.142. The monoisotopic (exact) mass is 228 g/mol. The van der Waals surface area contributed by atoms with Gasteiger partial charge in [-0.3, -0.25) is 9.80 Å². The molecule has 2 rings (SSSR count). The number of aliphatic hydroxyl groups excluding tert-OH is 1. The molecule has 0 unspecified atom stereocenters. The lowest BCUT2D eigenvalue weighted by atomic mass is 9.89. The summed E-state index contributed by atoms with van der Waals surface area (Å²) in [6.45, 7) is 12.2. The summed E-state index contributed by atoms with van der Waals surface area (Å²) >= 11 is 0. The number of ether oxygens (including phenoxy) is 1. The third kappa shape index (κ3) is 2.25. The number of hydrogen-bond acceptors (Lipinski definition) is 4. The van der Waals surface area contributed by atoms with Crippen molar-refractivity contribution in [2.24, 2.45) is 0 Å². The molecule has 0 bridgehead atoms. The highest BCUT2D eigenvalue weighted by Gasteiger charge is 2.43. The van der Waals surface area contributed by atoms with Gasteiger partial charge in [-0.2, -0.15) is 0 Å². The molecule has 94 valence electrons. The molecule has 0 radical (unpaired) electrons. The van der Waals surface area contributed by atoms with Crippen LogP contribution in [0.25, 0.3) is 0 Å². The standard InChI is InChI=1S/C12H24N2O2/c1-4-13-5-6-16-11(9-13)12(2,3)14-7-10(15)8-14/h10-11,15H,4-9H2,1-3H3/t11-/m1/s1. The maximum atomic E-state index is 9.39. The molecule has 4 nitrogen and oxygen atoms in total. The van der Waals surface area contributed by atoms with Crippen molar-refractivity contribution in [2.75, 3.05) is 39.3 Å². The molecular weight excluding hydrogens is 204 g/mol. The van der Waals surface area contributed by atoms with Crippen LogP contribution in [-0.4, -0.2) is 72.0 Å². The first-order chi connectivity index (χ1) is 7.54. The van der Waals surface area contributed by atoms with E-state index in [0.717, 1.165) is 39.3 Å². The van der Waals surface area contributed by atoms with Crippen LogP contribution in [-0.2, 0) is 4.74 Å². The first-order valence-electron chi connectivity index (χ1n) is 6.31. The van der Waals surface area contributed by atoms with Crippen molar-refractivity contribution in [3.05, 3.63) is 0 Å². The second-order valence-electron chi connectivity index (χ2n) is 5.47. The summed E-state index contributed by atoms with van der Waals surface area (Å²) in [5.41, 5.74) is 0.0348. The quantitative estimate of drug-likeness (QED) is 0.746. The van der Waals surface area contributed by atoms with E-state index in [2.05, 4.69) is 30.6 Å². The molecule has 0 saturated carbocycles. The van der Waals surface area contributed by atoms with E-state index in [1.54, 1.807) is 0 Å². The third-order valence-corrected chi connectivity index (χ3v) is 4.06. The topological polar surface area (TPSA) is 35.9 Å². The highest BCUT2D eigenvalue weighted by Crippen LogP contribution is 2.28. The van der Waals surface area contributed by atoms with E-state index in [9.17, 15) is 5.11 Å². The predicted molar refractivity (Wildman–Crippen MR) is 63.5 cm³/mol. The Morgan fingerprint density at radius 1 is 1.31 bits per heavy atom. The average Bonchev–Trinajstić information content (AvgIpc) is 2.25. The SMILES string of the molecule is CCN1CCO[C@@H](C(C)(C)N2CC(O)C2)C1. The molecule has 16 heavy (non-hydrogen) atoms. The van der Waals surface area contributed by atoms with Crippen molar-refractivity contribution in [3.63, 3.8) is 0 Å². The molecule has 0 aromatic carbocycles. The largest absolute Gasteiger partial charge is 0.390 e. The molecule has 0 aliphatic carbocycles. The molecule has 2 aliphatic rings. The summed E-state index contributed by atoms with van der Waals surface area (Å²) < 4.78 is 5.90. The van der Waals surface area contributed by atoms with Crippen molar-refractivity contribution in [1.82, 2.24) is 9.80 Å². The predicted octanol–water partition coefficient (Wildman–Crippen LogP) is 0.162. The van der Waals surface area contributed by atoms with Gasteiger partial charge < -0.3 is 9.84 Å². The molecule has 0 amide bonds. The van der Waals surface area contributed by atoms with Gasteiger partial charge in [0.25, 0.3) is 0 Å². The molecule has 1 N–H and O–H groups in total. The van der Waals surface area contributed by atoms with Crippen molar-refractivity contribution in [2.45, 2.75) is 38.5 Å². The number of hydrogen-bond donors (Lipinski definition) is 1. The number of rotatable bonds is 3. The maximum absolute atomic E-state index is 9.39. The number of likely N-dealkylation sites (tertiary alicyclic amines) is 1. The second kappa shape index (κ2) is 4.61. The first-order valence-corrected chi connectivity index (χ1v) is 6.31. The molecule has 2 fully saturated rings. The molecule has 2 saturated heterocycles. The molecule has 1 atom stereocenters. The maximum Gasteiger partial charge on any atom is 0.0880 e. The van der Waals surface area contributed by atoms with Crippen LogP contribution in [0.1, 0.15) is 20.8 Å². The van der Waals surface area contributed by atoms with E-state index in [0.29, 0.717) is 0 Å². The summed E-state index contributed by atoms with van der Waals surface area (Å²) in [5, 5.41) is 9.39. The van der Waals surface area contributed by atoms with Gasteiger partial charge >= 0.3 is 0 Å². The fourth-order valence-corrected chi connectivity index (χ4v) is 2.55. The van der Waals surface area contributed by atoms with Crippen molar-refractivity contribution in [3.8, 4) is 0 Å². The fraction of sp³-hybridized carbons (Fsp3) is 1.00. The van der Waals surface area contributed by atoms with Crippen LogP contribution < -0.4 is 0 Å². The highest BCUT2D eigenvalue weighted by molar-refractivity contribution is 4.98. The van der Waals surface area contributed by atoms with Crippen LogP contribution in [0.15, 0.2) is 0 Å². The summed E-state index contributed by atoms with van der Waals surface area (Å²) in [6, 6.07) is 0. The molecule has 0 aromatic heterocycles. The summed E-state index contributed by atoms with van der Waals surface area (Å²) in [7, 11) is 0. The number of likely N-dealkylation sites (N-methyl/N-ethyl adjacent to an activating group) is 1. The van der Waals surface area contributed by atoms with Gasteiger partial charge in [-0.05, 0) is 20.4 Å². The lowest BCUT2D eigenvalue weighted by Gasteiger charge is -2.52. The lowest BCUT2D eigenvalue weighted by Crippen LogP contribution is -2.67. The average molecular weight is 228 g/mol. The first kappa shape index (κ1) is 12.3. The Morgan fingerprint density at radius 3 is 2.56 bits per heavy atom. The Balaban J connectivity index is 1.94. The number of nitrogens with zero attached hydrogens (tertiary/aromatic N) is 2. The zero-order valence-corrected chi connectivity index (χ0v) is 10.6. The Kier molecular flexibility index (Phi) is 3.54. The van der Waals surface area contributed by atoms with Crippen molar-refractivity contribution >= 4 is 0 Å². The van der Waals surface area contributed by atoms with E-state index in [-0.39, 0.29) is 17.7 Å². The minimum atomic E-state index is -0.134. The minimum Gasteiger partial charge on any atom is -0.390 e. The number of β-amino-alcohol motifs (C(OH)–C–C–N with tert-alkyl or cyclic N) is 1. The third-order valence-electron chi connectivity index (χ3n) is 4.06. The summed E-state index contributed by atoms with van der Waals surface area (Å²) in [4.78, 5) is 4.76. The molecule has 0 spiro atoms. The van der Waals surface area contributed by atoms with E-state index in [4.69, 9.17) is 4.74 Å². The van der Waals surface area contributed by atoms with Gasteiger partial charge in [0.1, 0.15) is 0 Å². The molecule has 0 aromatic rings. The van der Waals surface area contributed by atoms with Crippen molar-refractivity contribution < 1.29 is 9.84 Å². The zero-order chi connectivity index (χ0) is 11.8. The van der Waals surface area contributed by atoms with Crippen LogP contribution in [0.4, 0.5) is 0 Å². The second-order valence-corrected chi connectivity index (χ2v) is 5.47. The van der Waals surface area contributed by atoms with E-state index < -0.39 is 0 Å². The Bertz CT molecular complexity index is 239. The fourth-order valence-electron chi connectivity index (χ4n) is 2.55. The Hall–Kier alpha value is -0.160. The molecule has 4 heteroatoms. The van der Waals surface area contributed by atoms with Crippen LogP contribution in [0, 0.1) is 0 Å². The van der Waals surface area contributed by atoms with Gasteiger partial charge in [-0.1, -0.05) is 6.92 Å². The normalized spacial score (nSPS) is 30.4.